The van der Waals surface area contributed by atoms with Crippen molar-refractivity contribution in [1.82, 2.24) is 0 Å². The van der Waals surface area contributed by atoms with Crippen molar-refractivity contribution in [3.05, 3.63) is 53.6 Å². The highest BCUT2D eigenvalue weighted by molar-refractivity contribution is 6.00. The second-order valence-corrected chi connectivity index (χ2v) is 7.21. The van der Waals surface area contributed by atoms with Crippen molar-refractivity contribution in [3.8, 4) is 5.75 Å². The summed E-state index contributed by atoms with van der Waals surface area (Å²) in [5.41, 5.74) is 0.186. The summed E-state index contributed by atoms with van der Waals surface area (Å²) >= 11 is 0. The van der Waals surface area contributed by atoms with Gasteiger partial charge in [-0.25, -0.2) is 13.6 Å². The molecule has 2 aromatic carbocycles. The zero-order valence-corrected chi connectivity index (χ0v) is 16.0. The van der Waals surface area contributed by atoms with E-state index in [2.05, 4.69) is 5.32 Å². The molecule has 0 aromatic heterocycles. The molecule has 150 valence electrons. The van der Waals surface area contributed by atoms with Gasteiger partial charge in [0.1, 0.15) is 17.9 Å². The molecule has 0 aliphatic heterocycles. The molecular weight excluding hydrogens is 370 g/mol. The normalized spacial score (nSPS) is 11.1. The molecule has 2 rings (SSSR count). The van der Waals surface area contributed by atoms with Gasteiger partial charge in [-0.2, -0.15) is 0 Å². The third kappa shape index (κ3) is 5.67. The lowest BCUT2D eigenvalue weighted by Crippen LogP contribution is -2.41. The Labute approximate surface area is 161 Å². The summed E-state index contributed by atoms with van der Waals surface area (Å²) in [7, 11) is 0. The van der Waals surface area contributed by atoms with Crippen molar-refractivity contribution in [3.63, 3.8) is 0 Å². The number of rotatable bonds is 4. The fourth-order valence-electron chi connectivity index (χ4n) is 2.35. The maximum atomic E-state index is 13.6. The van der Waals surface area contributed by atoms with Crippen LogP contribution in [0.15, 0.2) is 36.4 Å². The van der Waals surface area contributed by atoms with Crippen LogP contribution in [-0.4, -0.2) is 29.3 Å². The zero-order chi connectivity index (χ0) is 21.1. The minimum absolute atomic E-state index is 0.0225. The number of halogens is 2. The van der Waals surface area contributed by atoms with Crippen molar-refractivity contribution in [1.29, 1.82) is 0 Å². The summed E-state index contributed by atoms with van der Waals surface area (Å²) in [5, 5.41) is 12.1. The Morgan fingerprint density at radius 2 is 1.79 bits per heavy atom. The molecule has 0 unspecified atom stereocenters. The molecule has 0 saturated heterocycles. The highest BCUT2D eigenvalue weighted by Crippen LogP contribution is 2.23. The van der Waals surface area contributed by atoms with Gasteiger partial charge < -0.3 is 15.2 Å². The highest BCUT2D eigenvalue weighted by atomic mass is 19.2. The van der Waals surface area contributed by atoms with E-state index < -0.39 is 35.8 Å². The van der Waals surface area contributed by atoms with Crippen LogP contribution in [-0.2, 0) is 9.53 Å². The smallest absolute Gasteiger partial charge is 0.415 e. The first kappa shape index (κ1) is 21.1. The van der Waals surface area contributed by atoms with E-state index in [1.807, 2.05) is 0 Å². The van der Waals surface area contributed by atoms with Crippen molar-refractivity contribution < 1.29 is 28.2 Å². The van der Waals surface area contributed by atoms with Gasteiger partial charge in [0.05, 0.1) is 5.69 Å². The van der Waals surface area contributed by atoms with Crippen LogP contribution in [0.25, 0.3) is 0 Å². The molecule has 0 saturated carbocycles. The van der Waals surface area contributed by atoms with Gasteiger partial charge in [-0.3, -0.25) is 9.69 Å². The number of hydrogen-bond acceptors (Lipinski definition) is 4. The summed E-state index contributed by atoms with van der Waals surface area (Å²) in [6.07, 6.45) is -0.879. The Hall–Kier alpha value is -3.16. The van der Waals surface area contributed by atoms with Gasteiger partial charge in [-0.1, -0.05) is 0 Å². The number of aromatic hydroxyl groups is 1. The lowest BCUT2D eigenvalue weighted by molar-refractivity contribution is -0.115. The molecule has 6 nitrogen and oxygen atoms in total. The summed E-state index contributed by atoms with van der Waals surface area (Å²) < 4.78 is 32.2. The van der Waals surface area contributed by atoms with Crippen LogP contribution >= 0.6 is 0 Å². The third-order valence-corrected chi connectivity index (χ3v) is 3.61. The number of ether oxygens (including phenoxy) is 1. The van der Waals surface area contributed by atoms with E-state index in [4.69, 9.17) is 4.74 Å². The number of carbonyl (C=O) groups excluding carboxylic acids is 2. The second-order valence-electron chi connectivity index (χ2n) is 7.21. The molecule has 0 fully saturated rings. The Kier molecular flexibility index (Phi) is 6.23. The van der Waals surface area contributed by atoms with Crippen molar-refractivity contribution in [2.24, 2.45) is 0 Å². The molecule has 0 aliphatic rings. The lowest BCUT2D eigenvalue weighted by atomic mass is 10.2. The Balaban J connectivity index is 2.26. The van der Waals surface area contributed by atoms with E-state index in [9.17, 15) is 23.5 Å². The minimum Gasteiger partial charge on any atom is -0.508 e. The topological polar surface area (TPSA) is 78.9 Å². The minimum atomic E-state index is -1.15. The van der Waals surface area contributed by atoms with Gasteiger partial charge in [0, 0.05) is 11.8 Å². The van der Waals surface area contributed by atoms with Crippen LogP contribution in [0.1, 0.15) is 26.3 Å². The molecule has 0 spiro atoms. The van der Waals surface area contributed by atoms with Crippen LogP contribution in [0.3, 0.4) is 0 Å². The van der Waals surface area contributed by atoms with E-state index >= 15 is 0 Å². The Morgan fingerprint density at radius 3 is 2.36 bits per heavy atom. The first-order valence-corrected chi connectivity index (χ1v) is 8.51. The SMILES string of the molecule is Cc1cc(O)ccc1NC(=O)CN(C(=O)OC(C)(C)C)c1ccc(F)c(F)c1. The van der Waals surface area contributed by atoms with E-state index in [1.165, 1.54) is 24.3 Å². The first-order chi connectivity index (χ1) is 13.0. The van der Waals surface area contributed by atoms with Crippen LogP contribution in [0, 0.1) is 18.6 Å². The third-order valence-electron chi connectivity index (χ3n) is 3.61. The zero-order valence-electron chi connectivity index (χ0n) is 16.0. The number of phenolic OH excluding ortho intramolecular Hbond substituents is 1. The van der Waals surface area contributed by atoms with Crippen LogP contribution in [0.2, 0.25) is 0 Å². The number of aryl methyl sites for hydroxylation is 1. The molecule has 2 amide bonds. The predicted molar refractivity (Wildman–Crippen MR) is 101 cm³/mol. The number of anilines is 2. The number of amides is 2. The standard InChI is InChI=1S/C20H22F2N2O4/c1-12-9-14(25)6-8-17(12)23-18(26)11-24(19(27)28-20(2,3)4)13-5-7-15(21)16(22)10-13/h5-10,25H,11H2,1-4H3,(H,23,26). The van der Waals surface area contributed by atoms with E-state index in [1.54, 1.807) is 27.7 Å². The molecule has 0 aliphatic carbocycles. The quantitative estimate of drug-likeness (QED) is 0.758. The number of hydrogen-bond donors (Lipinski definition) is 2. The Morgan fingerprint density at radius 1 is 1.11 bits per heavy atom. The fourth-order valence-corrected chi connectivity index (χ4v) is 2.35. The highest BCUT2D eigenvalue weighted by Gasteiger charge is 2.26. The maximum absolute atomic E-state index is 13.6. The van der Waals surface area contributed by atoms with Crippen LogP contribution in [0.4, 0.5) is 25.0 Å². The lowest BCUT2D eigenvalue weighted by Gasteiger charge is -2.27. The molecule has 0 radical (unpaired) electrons. The molecule has 0 bridgehead atoms. The maximum Gasteiger partial charge on any atom is 0.415 e. The summed E-state index contributed by atoms with van der Waals surface area (Å²) in [6.45, 7) is 6.15. The predicted octanol–water partition coefficient (Wildman–Crippen LogP) is 4.36. The van der Waals surface area contributed by atoms with Gasteiger partial charge in [-0.15, -0.1) is 0 Å². The summed E-state index contributed by atoms with van der Waals surface area (Å²) in [5.74, 6) is -2.75. The van der Waals surface area contributed by atoms with Gasteiger partial charge >= 0.3 is 6.09 Å². The average Bonchev–Trinajstić information content (AvgIpc) is 2.56. The number of nitrogens with one attached hydrogen (secondary N) is 1. The van der Waals surface area contributed by atoms with Gasteiger partial charge in [0.2, 0.25) is 5.91 Å². The van der Waals surface area contributed by atoms with Crippen molar-refractivity contribution >= 4 is 23.4 Å². The number of phenols is 1. The molecule has 0 atom stereocenters. The Bertz CT molecular complexity index is 894. The van der Waals surface area contributed by atoms with Crippen LogP contribution < -0.4 is 10.2 Å². The fraction of sp³-hybridized carbons (Fsp3) is 0.300. The van der Waals surface area contributed by atoms with E-state index in [-0.39, 0.29) is 11.4 Å². The summed E-state index contributed by atoms with van der Waals surface area (Å²) in [6, 6.07) is 7.25. The molecule has 28 heavy (non-hydrogen) atoms. The second kappa shape index (κ2) is 8.24. The van der Waals surface area contributed by atoms with Gasteiger partial charge in [-0.05, 0) is 63.6 Å². The van der Waals surface area contributed by atoms with Gasteiger partial charge in [0.25, 0.3) is 0 Å². The molecule has 2 aromatic rings. The van der Waals surface area contributed by atoms with E-state index in [0.29, 0.717) is 11.3 Å². The largest absolute Gasteiger partial charge is 0.508 e. The van der Waals surface area contributed by atoms with Crippen molar-refractivity contribution in [2.45, 2.75) is 33.3 Å². The number of carbonyl (C=O) groups is 2. The average molecular weight is 392 g/mol. The molecule has 2 N–H and O–H groups in total. The molecule has 0 heterocycles. The van der Waals surface area contributed by atoms with E-state index in [0.717, 1.165) is 17.0 Å². The number of nitrogens with zero attached hydrogens (tertiary/aromatic N) is 1. The summed E-state index contributed by atoms with van der Waals surface area (Å²) in [4.78, 5) is 25.9. The molecule has 8 heteroatoms. The monoisotopic (exact) mass is 392 g/mol. The molecular formula is C20H22F2N2O4. The first-order valence-electron chi connectivity index (χ1n) is 8.51. The van der Waals surface area contributed by atoms with Crippen LogP contribution in [0.5, 0.6) is 5.75 Å². The van der Waals surface area contributed by atoms with Crippen molar-refractivity contribution in [2.75, 3.05) is 16.8 Å². The number of benzene rings is 2. The van der Waals surface area contributed by atoms with Gasteiger partial charge in [0.15, 0.2) is 11.6 Å².